The number of carboxylic acids is 1. The highest BCUT2D eigenvalue weighted by molar-refractivity contribution is 7.98. The molecule has 0 aromatic rings. The van der Waals surface area contributed by atoms with Crippen molar-refractivity contribution in [3.63, 3.8) is 0 Å². The highest BCUT2D eigenvalue weighted by atomic mass is 32.2. The Balaban J connectivity index is 5.20. The number of thioether (sulfide) groups is 1. The molecular formula is C17H30N6O8S. The van der Waals surface area contributed by atoms with Crippen molar-refractivity contribution in [2.24, 2.45) is 17.2 Å². The van der Waals surface area contributed by atoms with Gasteiger partial charge in [0.2, 0.25) is 29.5 Å². The van der Waals surface area contributed by atoms with E-state index in [1.54, 1.807) is 6.26 Å². The van der Waals surface area contributed by atoms with E-state index in [-0.39, 0.29) is 19.3 Å². The maximum atomic E-state index is 12.5. The third kappa shape index (κ3) is 11.5. The van der Waals surface area contributed by atoms with E-state index in [0.717, 1.165) is 0 Å². The van der Waals surface area contributed by atoms with Crippen molar-refractivity contribution in [3.05, 3.63) is 0 Å². The Bertz CT molecular complexity index is 707. The van der Waals surface area contributed by atoms with Crippen LogP contribution in [0, 0.1) is 0 Å². The average Bonchev–Trinajstić information content (AvgIpc) is 2.71. The van der Waals surface area contributed by atoms with Crippen LogP contribution < -0.4 is 33.2 Å². The van der Waals surface area contributed by atoms with Crippen molar-refractivity contribution < 1.29 is 39.0 Å². The second-order valence-electron chi connectivity index (χ2n) is 6.77. The molecule has 0 bridgehead atoms. The Hall–Kier alpha value is -2.91. The lowest BCUT2D eigenvalue weighted by atomic mass is 10.1. The molecule has 0 saturated heterocycles. The highest BCUT2D eigenvalue weighted by Crippen LogP contribution is 2.04. The topological polar surface area (TPSA) is 257 Å². The van der Waals surface area contributed by atoms with Gasteiger partial charge in [-0.1, -0.05) is 0 Å². The molecule has 4 atom stereocenters. The van der Waals surface area contributed by atoms with Crippen molar-refractivity contribution in [1.29, 1.82) is 0 Å². The predicted molar refractivity (Wildman–Crippen MR) is 114 cm³/mol. The zero-order valence-electron chi connectivity index (χ0n) is 17.5. The fourth-order valence-corrected chi connectivity index (χ4v) is 2.82. The molecule has 0 saturated carbocycles. The minimum atomic E-state index is -1.59. The highest BCUT2D eigenvalue weighted by Gasteiger charge is 2.30. The Morgan fingerprint density at radius 3 is 1.84 bits per heavy atom. The number of nitrogens with two attached hydrogens (primary N) is 3. The number of nitrogens with one attached hydrogen (secondary N) is 3. The smallest absolute Gasteiger partial charge is 0.326 e. The molecule has 0 fully saturated rings. The van der Waals surface area contributed by atoms with Gasteiger partial charge in [0.1, 0.15) is 18.1 Å². The molecule has 14 nitrogen and oxygen atoms in total. The number of aliphatic carboxylic acids is 1. The molecule has 0 aliphatic rings. The van der Waals surface area contributed by atoms with Crippen LogP contribution >= 0.6 is 11.8 Å². The van der Waals surface area contributed by atoms with Gasteiger partial charge in [-0.3, -0.25) is 24.0 Å². The summed E-state index contributed by atoms with van der Waals surface area (Å²) in [4.78, 5) is 70.1. The number of carboxylic acid groups (broad SMARTS) is 1. The molecular weight excluding hydrogens is 448 g/mol. The van der Waals surface area contributed by atoms with Crippen molar-refractivity contribution >= 4 is 47.3 Å². The number of hydrogen-bond donors (Lipinski definition) is 8. The van der Waals surface area contributed by atoms with Gasteiger partial charge in [-0.25, -0.2) is 4.79 Å². The van der Waals surface area contributed by atoms with Gasteiger partial charge in [0, 0.05) is 6.42 Å². The molecule has 11 N–H and O–H groups in total. The van der Waals surface area contributed by atoms with Gasteiger partial charge in [0.25, 0.3) is 0 Å². The predicted octanol–water partition coefficient (Wildman–Crippen LogP) is -4.26. The standard InChI is InChI=1S/C17H30N6O8S/c1-32-5-4-9(15(28)22-10(17(30)31)6-13(20)26)21-16(29)11(7-24)23-14(27)8(18)2-3-12(19)25/h8-11,24H,2-7,18H2,1H3,(H2,19,25)(H2,20,26)(H,21,29)(H,22,28)(H,23,27)(H,30,31). The summed E-state index contributed by atoms with van der Waals surface area (Å²) in [7, 11) is 0. The summed E-state index contributed by atoms with van der Waals surface area (Å²) in [5.74, 6) is -5.33. The molecule has 0 rings (SSSR count). The molecule has 0 aromatic carbocycles. The number of carbonyl (C=O) groups is 6. The Labute approximate surface area is 188 Å². The zero-order chi connectivity index (χ0) is 24.8. The lowest BCUT2D eigenvalue weighted by molar-refractivity contribution is -0.143. The number of aliphatic hydroxyl groups is 1. The SMILES string of the molecule is CSCCC(NC(=O)C(CO)NC(=O)C(N)CCC(N)=O)C(=O)NC(CC(N)=O)C(=O)O. The molecule has 182 valence electrons. The quantitative estimate of drug-likeness (QED) is 0.106. The summed E-state index contributed by atoms with van der Waals surface area (Å²) in [6.07, 6.45) is 0.955. The van der Waals surface area contributed by atoms with Crippen LogP contribution in [0.4, 0.5) is 0 Å². The van der Waals surface area contributed by atoms with Crippen LogP contribution in [0.3, 0.4) is 0 Å². The maximum absolute atomic E-state index is 12.5. The van der Waals surface area contributed by atoms with Crippen molar-refractivity contribution in [1.82, 2.24) is 16.0 Å². The van der Waals surface area contributed by atoms with Crippen molar-refractivity contribution in [3.8, 4) is 0 Å². The van der Waals surface area contributed by atoms with E-state index in [0.29, 0.717) is 5.75 Å². The number of hydrogen-bond acceptors (Lipinski definition) is 9. The normalized spacial score (nSPS) is 14.3. The van der Waals surface area contributed by atoms with Crippen LogP contribution in [-0.2, 0) is 28.8 Å². The third-order valence-corrected chi connectivity index (χ3v) is 4.76. The first-order chi connectivity index (χ1) is 14.9. The van der Waals surface area contributed by atoms with Gasteiger partial charge < -0.3 is 43.4 Å². The summed E-state index contributed by atoms with van der Waals surface area (Å²) in [5, 5.41) is 25.3. The molecule has 32 heavy (non-hydrogen) atoms. The Kier molecular flexibility index (Phi) is 13.6. The fraction of sp³-hybridized carbons (Fsp3) is 0.647. The van der Waals surface area contributed by atoms with E-state index < -0.39 is 72.7 Å². The van der Waals surface area contributed by atoms with Gasteiger partial charge in [0.05, 0.1) is 19.1 Å². The molecule has 4 unspecified atom stereocenters. The lowest BCUT2D eigenvalue weighted by Gasteiger charge is -2.24. The van der Waals surface area contributed by atoms with Gasteiger partial charge in [-0.2, -0.15) is 11.8 Å². The van der Waals surface area contributed by atoms with Crippen LogP contribution in [0.15, 0.2) is 0 Å². The Morgan fingerprint density at radius 1 is 0.844 bits per heavy atom. The van der Waals surface area contributed by atoms with Gasteiger partial charge >= 0.3 is 5.97 Å². The van der Waals surface area contributed by atoms with Gasteiger partial charge in [-0.15, -0.1) is 0 Å². The van der Waals surface area contributed by atoms with E-state index >= 15 is 0 Å². The number of carbonyl (C=O) groups excluding carboxylic acids is 5. The summed E-state index contributed by atoms with van der Waals surface area (Å²) in [5.41, 5.74) is 15.6. The first-order valence-electron chi connectivity index (χ1n) is 9.48. The first kappa shape index (κ1) is 29.1. The van der Waals surface area contributed by atoms with E-state index in [1.807, 2.05) is 0 Å². The molecule has 15 heteroatoms. The monoisotopic (exact) mass is 478 g/mol. The molecule has 0 heterocycles. The number of primary amides is 2. The second-order valence-corrected chi connectivity index (χ2v) is 7.75. The molecule has 0 radical (unpaired) electrons. The number of aliphatic hydroxyl groups excluding tert-OH is 1. The zero-order valence-corrected chi connectivity index (χ0v) is 18.4. The average molecular weight is 479 g/mol. The minimum Gasteiger partial charge on any atom is -0.480 e. The number of amides is 5. The van der Waals surface area contributed by atoms with Gasteiger partial charge in [0.15, 0.2) is 0 Å². The summed E-state index contributed by atoms with van der Waals surface area (Å²) >= 11 is 1.35. The minimum absolute atomic E-state index is 0.0733. The summed E-state index contributed by atoms with van der Waals surface area (Å²) in [6.45, 7) is -0.823. The molecule has 5 amide bonds. The van der Waals surface area contributed by atoms with Crippen LogP contribution in [0.25, 0.3) is 0 Å². The van der Waals surface area contributed by atoms with Crippen molar-refractivity contribution in [2.75, 3.05) is 18.6 Å². The van der Waals surface area contributed by atoms with E-state index in [2.05, 4.69) is 16.0 Å². The maximum Gasteiger partial charge on any atom is 0.326 e. The molecule has 0 aliphatic heterocycles. The summed E-state index contributed by atoms with van der Waals surface area (Å²) < 4.78 is 0. The number of rotatable bonds is 16. The van der Waals surface area contributed by atoms with Crippen molar-refractivity contribution in [2.45, 2.75) is 49.9 Å². The molecule has 0 spiro atoms. The van der Waals surface area contributed by atoms with Crippen LogP contribution in [0.1, 0.15) is 25.7 Å². The van der Waals surface area contributed by atoms with E-state index in [9.17, 15) is 33.9 Å². The molecule has 0 aliphatic carbocycles. The van der Waals surface area contributed by atoms with E-state index in [4.69, 9.17) is 22.3 Å². The van der Waals surface area contributed by atoms with Crippen LogP contribution in [0.5, 0.6) is 0 Å². The fourth-order valence-electron chi connectivity index (χ4n) is 2.35. The Morgan fingerprint density at radius 2 is 1.38 bits per heavy atom. The van der Waals surface area contributed by atoms with Crippen LogP contribution in [-0.4, -0.2) is 88.5 Å². The third-order valence-electron chi connectivity index (χ3n) is 4.12. The lowest BCUT2D eigenvalue weighted by Crippen LogP contribution is -2.58. The second kappa shape index (κ2) is 15.0. The first-order valence-corrected chi connectivity index (χ1v) is 10.9. The van der Waals surface area contributed by atoms with E-state index in [1.165, 1.54) is 11.8 Å². The van der Waals surface area contributed by atoms with Crippen LogP contribution in [0.2, 0.25) is 0 Å². The largest absolute Gasteiger partial charge is 0.480 e. The summed E-state index contributed by atoms with van der Waals surface area (Å²) in [6, 6.07) is -5.44. The molecule has 0 aromatic heterocycles. The van der Waals surface area contributed by atoms with Gasteiger partial charge in [-0.05, 0) is 24.9 Å².